The maximum absolute atomic E-state index is 2.49. The molecule has 0 nitrogen and oxygen atoms in total. The third-order valence-electron chi connectivity index (χ3n) is 4.34. The number of fused-ring (bicyclic) bond motifs is 2. The van der Waals surface area contributed by atoms with Crippen LogP contribution in [0.4, 0.5) is 0 Å². The lowest BCUT2D eigenvalue weighted by Gasteiger charge is -2.26. The van der Waals surface area contributed by atoms with Gasteiger partial charge in [-0.25, -0.2) is 0 Å². The Labute approximate surface area is 92.7 Å². The molecule has 0 aromatic heterocycles. The van der Waals surface area contributed by atoms with Gasteiger partial charge in [-0.3, -0.25) is 0 Å². The predicted octanol–water partition coefficient (Wildman–Crippen LogP) is 3.55. The largest absolute Gasteiger partial charge is 0.0599 e. The van der Waals surface area contributed by atoms with E-state index in [2.05, 4.69) is 32.9 Å². The van der Waals surface area contributed by atoms with Crippen LogP contribution in [0.1, 0.15) is 43.0 Å². The summed E-state index contributed by atoms with van der Waals surface area (Å²) in [6.07, 6.45) is 5.27. The third kappa shape index (κ3) is 1.42. The Morgan fingerprint density at radius 2 is 1.33 bits per heavy atom. The van der Waals surface area contributed by atoms with E-state index in [-0.39, 0.29) is 0 Å². The second kappa shape index (κ2) is 2.87. The van der Waals surface area contributed by atoms with Gasteiger partial charge in [-0.05, 0) is 59.3 Å². The highest BCUT2D eigenvalue weighted by molar-refractivity contribution is 5.46. The van der Waals surface area contributed by atoms with Gasteiger partial charge in [0.1, 0.15) is 0 Å². The van der Waals surface area contributed by atoms with Gasteiger partial charge in [0.25, 0.3) is 0 Å². The van der Waals surface area contributed by atoms with Crippen LogP contribution in [0.15, 0.2) is 12.1 Å². The average molecular weight is 200 g/mol. The molecule has 0 heteroatoms. The molecule has 0 unspecified atom stereocenters. The smallest absolute Gasteiger partial charge is 0.0235 e. The summed E-state index contributed by atoms with van der Waals surface area (Å²) in [6, 6.07) is 4.97. The Morgan fingerprint density at radius 3 is 1.67 bits per heavy atom. The van der Waals surface area contributed by atoms with E-state index >= 15 is 0 Å². The number of aryl methyl sites for hydroxylation is 2. The molecule has 0 N–H and O–H groups in total. The summed E-state index contributed by atoms with van der Waals surface area (Å²) < 4.78 is 0. The van der Waals surface area contributed by atoms with Crippen molar-refractivity contribution in [3.05, 3.63) is 34.4 Å². The van der Waals surface area contributed by atoms with Gasteiger partial charge in [-0.2, -0.15) is 0 Å². The summed E-state index contributed by atoms with van der Waals surface area (Å²) in [6.45, 7) is 7.14. The van der Waals surface area contributed by atoms with Crippen molar-refractivity contribution in [2.75, 3.05) is 0 Å². The van der Waals surface area contributed by atoms with Crippen LogP contribution in [0.3, 0.4) is 0 Å². The fraction of sp³-hybridized carbons (Fsp3) is 0.600. The quantitative estimate of drug-likeness (QED) is 0.601. The molecule has 0 amide bonds. The fourth-order valence-corrected chi connectivity index (χ4v) is 2.94. The Kier molecular flexibility index (Phi) is 1.81. The molecule has 0 heterocycles. The first-order chi connectivity index (χ1) is 7.04. The topological polar surface area (TPSA) is 0 Å². The van der Waals surface area contributed by atoms with Crippen molar-refractivity contribution in [1.29, 1.82) is 0 Å². The van der Waals surface area contributed by atoms with E-state index in [1.54, 1.807) is 22.3 Å². The second-order valence-corrected chi connectivity index (χ2v) is 6.36. The van der Waals surface area contributed by atoms with Crippen LogP contribution in [0.5, 0.6) is 0 Å². The molecule has 2 aliphatic rings. The van der Waals surface area contributed by atoms with Gasteiger partial charge in [-0.1, -0.05) is 32.9 Å². The third-order valence-corrected chi connectivity index (χ3v) is 4.34. The minimum atomic E-state index is 0.466. The molecular weight excluding hydrogens is 180 g/mol. The van der Waals surface area contributed by atoms with Crippen LogP contribution in [0.25, 0.3) is 0 Å². The first-order valence-corrected chi connectivity index (χ1v) is 6.17. The molecule has 0 spiro atoms. The van der Waals surface area contributed by atoms with Crippen molar-refractivity contribution >= 4 is 0 Å². The van der Waals surface area contributed by atoms with E-state index in [0.29, 0.717) is 5.41 Å². The zero-order chi connectivity index (χ0) is 10.6. The monoisotopic (exact) mass is 200 g/mol. The molecule has 0 aliphatic heterocycles. The van der Waals surface area contributed by atoms with Crippen LogP contribution in [0, 0.1) is 11.3 Å². The molecular formula is C15H20. The summed E-state index contributed by atoms with van der Waals surface area (Å²) >= 11 is 0. The minimum Gasteiger partial charge on any atom is -0.0599 e. The Balaban J connectivity index is 1.94. The van der Waals surface area contributed by atoms with Crippen LogP contribution in [-0.4, -0.2) is 0 Å². The number of benzene rings is 1. The van der Waals surface area contributed by atoms with Crippen LogP contribution < -0.4 is 0 Å². The van der Waals surface area contributed by atoms with Gasteiger partial charge >= 0.3 is 0 Å². The maximum atomic E-state index is 2.49. The highest BCUT2D eigenvalue weighted by Gasteiger charge is 2.32. The summed E-state index contributed by atoms with van der Waals surface area (Å²) in [5.74, 6) is 0.855. The highest BCUT2D eigenvalue weighted by Crippen LogP contribution is 2.40. The normalized spacial score (nSPS) is 19.7. The number of hydrogen-bond acceptors (Lipinski definition) is 0. The van der Waals surface area contributed by atoms with E-state index in [0.717, 1.165) is 5.92 Å². The van der Waals surface area contributed by atoms with Crippen molar-refractivity contribution < 1.29 is 0 Å². The molecule has 15 heavy (non-hydrogen) atoms. The van der Waals surface area contributed by atoms with Gasteiger partial charge in [0, 0.05) is 0 Å². The zero-order valence-corrected chi connectivity index (χ0v) is 10.1. The van der Waals surface area contributed by atoms with Gasteiger partial charge < -0.3 is 0 Å². The molecule has 0 saturated heterocycles. The van der Waals surface area contributed by atoms with Gasteiger partial charge in [0.05, 0.1) is 0 Å². The van der Waals surface area contributed by atoms with Crippen molar-refractivity contribution in [2.24, 2.45) is 11.3 Å². The van der Waals surface area contributed by atoms with Gasteiger partial charge in [0.15, 0.2) is 0 Å². The van der Waals surface area contributed by atoms with Crippen LogP contribution in [0.2, 0.25) is 0 Å². The SMILES string of the molecule is CC(C)(C)C1Cc2cc3c(cc2C1)CC3. The van der Waals surface area contributed by atoms with E-state index in [1.165, 1.54) is 25.7 Å². The maximum Gasteiger partial charge on any atom is -0.0235 e. The lowest BCUT2D eigenvalue weighted by Crippen LogP contribution is -2.20. The number of hydrogen-bond donors (Lipinski definition) is 0. The fourth-order valence-electron chi connectivity index (χ4n) is 2.94. The number of rotatable bonds is 0. The van der Waals surface area contributed by atoms with Gasteiger partial charge in [0.2, 0.25) is 0 Å². The van der Waals surface area contributed by atoms with E-state index in [9.17, 15) is 0 Å². The minimum absolute atomic E-state index is 0.466. The first kappa shape index (κ1) is 9.45. The van der Waals surface area contributed by atoms with Crippen molar-refractivity contribution in [3.8, 4) is 0 Å². The molecule has 0 bridgehead atoms. The van der Waals surface area contributed by atoms with Crippen molar-refractivity contribution in [1.82, 2.24) is 0 Å². The molecule has 1 aromatic rings. The standard InChI is InChI=1S/C15H20/c1-15(2,3)14-8-12-6-10-4-5-11(10)7-13(12)9-14/h6-7,14H,4-5,8-9H2,1-3H3. The molecule has 0 saturated carbocycles. The molecule has 0 fully saturated rings. The Bertz CT molecular complexity index is 374. The molecule has 1 aromatic carbocycles. The first-order valence-electron chi connectivity index (χ1n) is 6.17. The van der Waals surface area contributed by atoms with E-state index in [1.807, 2.05) is 0 Å². The van der Waals surface area contributed by atoms with Crippen LogP contribution >= 0.6 is 0 Å². The lowest BCUT2D eigenvalue weighted by molar-refractivity contribution is 0.251. The highest BCUT2D eigenvalue weighted by atomic mass is 14.4. The van der Waals surface area contributed by atoms with Crippen LogP contribution in [-0.2, 0) is 25.7 Å². The molecule has 80 valence electrons. The van der Waals surface area contributed by atoms with E-state index in [4.69, 9.17) is 0 Å². The predicted molar refractivity (Wildman–Crippen MR) is 64.2 cm³/mol. The molecule has 2 aliphatic carbocycles. The molecule has 0 atom stereocenters. The average Bonchev–Trinajstić information content (AvgIpc) is 2.50. The summed E-state index contributed by atoms with van der Waals surface area (Å²) in [5.41, 5.74) is 7.02. The zero-order valence-electron chi connectivity index (χ0n) is 10.1. The Morgan fingerprint density at radius 1 is 0.867 bits per heavy atom. The van der Waals surface area contributed by atoms with Crippen molar-refractivity contribution in [3.63, 3.8) is 0 Å². The molecule has 3 rings (SSSR count). The summed E-state index contributed by atoms with van der Waals surface area (Å²) in [7, 11) is 0. The van der Waals surface area contributed by atoms with E-state index < -0.39 is 0 Å². The van der Waals surface area contributed by atoms with Crippen molar-refractivity contribution in [2.45, 2.75) is 46.5 Å². The second-order valence-electron chi connectivity index (χ2n) is 6.36. The van der Waals surface area contributed by atoms with Gasteiger partial charge in [-0.15, -0.1) is 0 Å². The Hall–Kier alpha value is -0.780. The summed E-state index contributed by atoms with van der Waals surface area (Å²) in [4.78, 5) is 0. The lowest BCUT2D eigenvalue weighted by atomic mass is 9.79. The summed E-state index contributed by atoms with van der Waals surface area (Å²) in [5, 5.41) is 0. The molecule has 0 radical (unpaired) electrons.